The van der Waals surface area contributed by atoms with E-state index in [4.69, 9.17) is 14.2 Å². The Morgan fingerprint density at radius 3 is 1.89 bits per heavy atom. The van der Waals surface area contributed by atoms with Crippen molar-refractivity contribution in [1.82, 2.24) is 19.8 Å². The number of unbranched alkanes of at least 4 members (excludes halogenated alkanes) is 18. The van der Waals surface area contributed by atoms with Crippen LogP contribution in [-0.4, -0.2) is 120 Å². The lowest BCUT2D eigenvalue weighted by Gasteiger charge is -2.40. The van der Waals surface area contributed by atoms with Crippen molar-refractivity contribution in [3.8, 4) is 0 Å². The molecule has 5 unspecified atom stereocenters. The molecule has 2 aliphatic heterocycles. The molecule has 54 heavy (non-hydrogen) atoms. The largest absolute Gasteiger partial charge is 0.394 e. The van der Waals surface area contributed by atoms with E-state index >= 15 is 0 Å². The zero-order valence-electron chi connectivity index (χ0n) is 33.3. The first kappa shape index (κ1) is 46.9. The van der Waals surface area contributed by atoms with Crippen LogP contribution in [0.3, 0.4) is 0 Å². The molecule has 316 valence electrons. The first-order valence-electron chi connectivity index (χ1n) is 21.7. The molecule has 2 saturated heterocycles. The average molecular weight is 773 g/mol. The maximum atomic E-state index is 13.5. The van der Waals surface area contributed by atoms with E-state index in [9.17, 15) is 35.4 Å². The first-order valence-corrected chi connectivity index (χ1v) is 21.7. The van der Waals surface area contributed by atoms with Gasteiger partial charge in [0, 0.05) is 19.8 Å². The van der Waals surface area contributed by atoms with Gasteiger partial charge in [-0.15, -0.1) is 0 Å². The zero-order chi connectivity index (χ0) is 39.0. The number of tetrazole rings is 1. The summed E-state index contributed by atoms with van der Waals surface area (Å²) in [6, 6.07) is -1.18. The van der Waals surface area contributed by atoms with Crippen LogP contribution in [-0.2, 0) is 20.8 Å². The van der Waals surface area contributed by atoms with Crippen LogP contribution in [0.15, 0.2) is 4.79 Å². The number of hydrogen-bond donors (Lipinski definition) is 6. The van der Waals surface area contributed by atoms with Gasteiger partial charge in [0.15, 0.2) is 6.29 Å². The SMILES string of the molecule is CCCCCCCCCCCCCC[C@@H](O)[C@@H](O)[C@H](COC1OC(CO)C(O)C(O)C1O)n1nnn(CCCCCCCCCCC2CCOCC2)c1=O. The summed E-state index contributed by atoms with van der Waals surface area (Å²) in [7, 11) is 0. The van der Waals surface area contributed by atoms with E-state index in [0.717, 1.165) is 68.8 Å². The Bertz CT molecular complexity index is 1120. The van der Waals surface area contributed by atoms with Crippen molar-refractivity contribution in [2.45, 2.75) is 217 Å². The van der Waals surface area contributed by atoms with Crippen molar-refractivity contribution < 1.29 is 44.8 Å². The fourth-order valence-electron chi connectivity index (χ4n) is 7.76. The highest BCUT2D eigenvalue weighted by atomic mass is 16.7. The number of hydrogen-bond acceptors (Lipinski definition) is 12. The fraction of sp³-hybridized carbons (Fsp3) is 0.975. The molecule has 0 amide bonds. The van der Waals surface area contributed by atoms with E-state index in [1.165, 1.54) is 101 Å². The highest BCUT2D eigenvalue weighted by Gasteiger charge is 2.45. The molecule has 3 rings (SSSR count). The molecule has 0 saturated carbocycles. The molecule has 0 spiro atoms. The van der Waals surface area contributed by atoms with Gasteiger partial charge in [-0.2, -0.15) is 9.36 Å². The van der Waals surface area contributed by atoms with Crippen LogP contribution in [0.25, 0.3) is 0 Å². The molecule has 0 aromatic carbocycles. The standard InChI is InChI=1S/C40H76N4O10/c1-2-3-4-5-6-7-8-9-10-14-17-20-23-33(46)35(47)32(30-53-39-38(50)37(49)36(48)34(29-45)54-39)44-40(51)43(41-42-44)26-21-18-15-12-11-13-16-19-22-31-24-27-52-28-25-31/h31-39,45-50H,2-30H2,1H3/t32-,33+,34?,35-,36?,37?,38?,39?/m0/s1. The molecule has 14 nitrogen and oxygen atoms in total. The van der Waals surface area contributed by atoms with Gasteiger partial charge in [-0.05, 0) is 42.0 Å². The Kier molecular flexibility index (Phi) is 24.3. The van der Waals surface area contributed by atoms with Crippen LogP contribution in [0.5, 0.6) is 0 Å². The van der Waals surface area contributed by atoms with Gasteiger partial charge in [0.05, 0.1) is 19.3 Å². The van der Waals surface area contributed by atoms with Gasteiger partial charge in [-0.3, -0.25) is 0 Å². The number of aromatic nitrogens is 4. The van der Waals surface area contributed by atoms with Gasteiger partial charge >= 0.3 is 5.69 Å². The van der Waals surface area contributed by atoms with E-state index < -0.39 is 67.9 Å². The van der Waals surface area contributed by atoms with Crippen molar-refractivity contribution in [2.24, 2.45) is 5.92 Å². The summed E-state index contributed by atoms with van der Waals surface area (Å²) in [5, 5.41) is 70.9. The highest BCUT2D eigenvalue weighted by Crippen LogP contribution is 2.25. The van der Waals surface area contributed by atoms with E-state index in [0.29, 0.717) is 19.4 Å². The van der Waals surface area contributed by atoms with E-state index in [1.807, 2.05) is 0 Å². The van der Waals surface area contributed by atoms with Crippen LogP contribution in [0, 0.1) is 5.92 Å². The molecular formula is C40H76N4O10. The Labute approximate surface area is 323 Å². The van der Waals surface area contributed by atoms with Crippen molar-refractivity contribution in [1.29, 1.82) is 0 Å². The van der Waals surface area contributed by atoms with Gasteiger partial charge in [-0.1, -0.05) is 135 Å². The molecule has 0 bridgehead atoms. The Balaban J connectivity index is 1.45. The van der Waals surface area contributed by atoms with Crippen molar-refractivity contribution >= 4 is 0 Å². The minimum atomic E-state index is -1.66. The highest BCUT2D eigenvalue weighted by molar-refractivity contribution is 4.89. The maximum Gasteiger partial charge on any atom is 0.364 e. The monoisotopic (exact) mass is 773 g/mol. The number of ether oxygens (including phenoxy) is 3. The molecule has 0 radical (unpaired) electrons. The van der Waals surface area contributed by atoms with E-state index in [1.54, 1.807) is 0 Å². The maximum absolute atomic E-state index is 13.5. The molecular weight excluding hydrogens is 696 g/mol. The molecule has 1 aromatic rings. The van der Waals surface area contributed by atoms with Crippen LogP contribution in [0.2, 0.25) is 0 Å². The van der Waals surface area contributed by atoms with Crippen molar-refractivity contribution in [3.05, 3.63) is 10.5 Å². The Morgan fingerprint density at radius 2 is 1.30 bits per heavy atom. The molecule has 14 heteroatoms. The van der Waals surface area contributed by atoms with Gasteiger partial charge in [0.1, 0.15) is 36.6 Å². The number of aliphatic hydroxyl groups is 6. The minimum absolute atomic E-state index is 0.313. The topological polar surface area (TPSA) is 202 Å². The molecule has 2 fully saturated rings. The molecule has 8 atom stereocenters. The summed E-state index contributed by atoms with van der Waals surface area (Å²) in [4.78, 5) is 13.5. The lowest BCUT2D eigenvalue weighted by Crippen LogP contribution is -2.59. The molecule has 1 aromatic heterocycles. The average Bonchev–Trinajstić information content (AvgIpc) is 3.55. The molecule has 0 aliphatic carbocycles. The lowest BCUT2D eigenvalue weighted by molar-refractivity contribution is -0.304. The predicted octanol–water partition coefficient (Wildman–Crippen LogP) is 4.55. The normalized spacial score (nSPS) is 24.2. The van der Waals surface area contributed by atoms with Gasteiger partial charge in [-0.25, -0.2) is 4.79 Å². The van der Waals surface area contributed by atoms with E-state index in [2.05, 4.69) is 17.4 Å². The van der Waals surface area contributed by atoms with Gasteiger partial charge in [0.25, 0.3) is 0 Å². The lowest BCUT2D eigenvalue weighted by atomic mass is 9.93. The third kappa shape index (κ3) is 16.9. The number of rotatable bonds is 31. The fourth-order valence-corrected chi connectivity index (χ4v) is 7.76. The number of nitrogens with zero attached hydrogens (tertiary/aromatic N) is 4. The molecule has 6 N–H and O–H groups in total. The van der Waals surface area contributed by atoms with Crippen molar-refractivity contribution in [2.75, 3.05) is 26.4 Å². The summed E-state index contributed by atoms with van der Waals surface area (Å²) in [6.07, 6.45) is 16.9. The smallest absolute Gasteiger partial charge is 0.364 e. The quantitative estimate of drug-likeness (QED) is 0.0576. The van der Waals surface area contributed by atoms with Crippen LogP contribution < -0.4 is 5.69 Å². The second-order valence-electron chi connectivity index (χ2n) is 15.9. The van der Waals surface area contributed by atoms with Gasteiger partial charge in [0.2, 0.25) is 0 Å². The predicted molar refractivity (Wildman–Crippen MR) is 206 cm³/mol. The van der Waals surface area contributed by atoms with Crippen LogP contribution >= 0.6 is 0 Å². The second-order valence-corrected chi connectivity index (χ2v) is 15.9. The Morgan fingerprint density at radius 1 is 0.741 bits per heavy atom. The van der Waals surface area contributed by atoms with Crippen molar-refractivity contribution in [3.63, 3.8) is 0 Å². The third-order valence-corrected chi connectivity index (χ3v) is 11.5. The van der Waals surface area contributed by atoms with Crippen LogP contribution in [0.1, 0.15) is 167 Å². The first-order chi connectivity index (χ1) is 26.3. The minimum Gasteiger partial charge on any atom is -0.394 e. The summed E-state index contributed by atoms with van der Waals surface area (Å²) in [5.74, 6) is 0.836. The second kappa shape index (κ2) is 28.0. The third-order valence-electron chi connectivity index (χ3n) is 11.5. The number of aliphatic hydroxyl groups excluding tert-OH is 6. The number of aryl methyl sites for hydroxylation is 1. The molecule has 3 heterocycles. The molecule has 2 aliphatic rings. The van der Waals surface area contributed by atoms with Gasteiger partial charge < -0.3 is 44.8 Å². The summed E-state index contributed by atoms with van der Waals surface area (Å²) >= 11 is 0. The summed E-state index contributed by atoms with van der Waals surface area (Å²) < 4.78 is 18.9. The zero-order valence-corrected chi connectivity index (χ0v) is 33.3. The Hall–Kier alpha value is -1.49. The summed E-state index contributed by atoms with van der Waals surface area (Å²) in [5.41, 5.74) is -0.557. The van der Waals surface area contributed by atoms with E-state index in [-0.39, 0.29) is 0 Å². The summed E-state index contributed by atoms with van der Waals surface area (Å²) in [6.45, 7) is 3.37. The van der Waals surface area contributed by atoms with Crippen LogP contribution in [0.4, 0.5) is 0 Å².